The molecule has 0 aliphatic rings. The molecule has 1 aromatic carbocycles. The minimum atomic E-state index is -0.136. The molecule has 3 aromatic heterocycles. The summed E-state index contributed by atoms with van der Waals surface area (Å²) < 4.78 is 5.16. The highest BCUT2D eigenvalue weighted by Gasteiger charge is 2.20. The van der Waals surface area contributed by atoms with Gasteiger partial charge in [0.2, 0.25) is 5.91 Å². The Kier molecular flexibility index (Phi) is 5.81. The summed E-state index contributed by atoms with van der Waals surface area (Å²) in [6.07, 6.45) is 1.72. The number of aryl methyl sites for hydroxylation is 2. The molecule has 0 saturated carbocycles. The number of benzene rings is 1. The second-order valence-electron chi connectivity index (χ2n) is 7.18. The molecule has 31 heavy (non-hydrogen) atoms. The number of ether oxygens (including phenoxy) is 1. The monoisotopic (exact) mass is 433 g/mol. The number of hydrogen-bond acceptors (Lipinski definition) is 7. The maximum absolute atomic E-state index is 12.7. The average Bonchev–Trinajstić information content (AvgIpc) is 3.07. The molecular weight excluding hydrogens is 410 g/mol. The van der Waals surface area contributed by atoms with Gasteiger partial charge >= 0.3 is 0 Å². The number of nitrogens with zero attached hydrogens (tertiary/aromatic N) is 4. The van der Waals surface area contributed by atoms with Crippen molar-refractivity contribution in [3.63, 3.8) is 0 Å². The zero-order valence-electron chi connectivity index (χ0n) is 17.8. The summed E-state index contributed by atoms with van der Waals surface area (Å²) in [6, 6.07) is 12.9. The average molecular weight is 434 g/mol. The van der Waals surface area contributed by atoms with Crippen molar-refractivity contribution in [3.8, 4) is 17.3 Å². The number of thiophene rings is 1. The molecule has 7 nitrogen and oxygen atoms in total. The van der Waals surface area contributed by atoms with Crippen LogP contribution >= 0.6 is 11.3 Å². The number of fused-ring (bicyclic) bond motifs is 1. The fraction of sp³-hybridized carbons (Fsp3) is 0.217. The highest BCUT2D eigenvalue weighted by Crippen LogP contribution is 2.36. The molecule has 4 aromatic rings. The molecule has 0 radical (unpaired) electrons. The van der Waals surface area contributed by atoms with E-state index in [1.54, 1.807) is 24.6 Å². The van der Waals surface area contributed by atoms with Crippen LogP contribution in [0, 0.1) is 13.8 Å². The summed E-state index contributed by atoms with van der Waals surface area (Å²) in [5.74, 6) is 1.87. The van der Waals surface area contributed by atoms with Crippen LogP contribution in [0.4, 0.5) is 11.5 Å². The van der Waals surface area contributed by atoms with Gasteiger partial charge in [-0.15, -0.1) is 11.3 Å². The highest BCUT2D eigenvalue weighted by molar-refractivity contribution is 7.18. The number of methoxy groups -OCH3 is 1. The first-order chi connectivity index (χ1) is 15.0. The molecule has 3 heterocycles. The molecule has 8 heteroatoms. The third-order valence-corrected chi connectivity index (χ3v) is 6.12. The lowest BCUT2D eigenvalue weighted by molar-refractivity contribution is -0.114. The zero-order chi connectivity index (χ0) is 22.0. The predicted octanol–water partition coefficient (Wildman–Crippen LogP) is 4.45. The van der Waals surface area contributed by atoms with Crippen LogP contribution in [0.2, 0.25) is 0 Å². The topological polar surface area (TPSA) is 80.2 Å². The molecule has 0 unspecified atom stereocenters. The standard InChI is InChI=1S/C23H23N5O2S/c1-14-15(2)31-23-20(14)22(26-21(27-23)18-7-5-6-12-24-18)28(3)13-19(29)25-16-8-10-17(30-4)11-9-16/h5-12H,13H2,1-4H3,(H,25,29). The Labute approximate surface area is 184 Å². The normalized spacial score (nSPS) is 10.8. The molecule has 158 valence electrons. The van der Waals surface area contributed by atoms with Crippen LogP contribution < -0.4 is 15.0 Å². The van der Waals surface area contributed by atoms with Gasteiger partial charge in [-0.2, -0.15) is 0 Å². The largest absolute Gasteiger partial charge is 0.497 e. The van der Waals surface area contributed by atoms with Gasteiger partial charge in [0.05, 0.1) is 19.0 Å². The molecule has 1 amide bonds. The van der Waals surface area contributed by atoms with Crippen LogP contribution in [0.25, 0.3) is 21.7 Å². The van der Waals surface area contributed by atoms with Crippen molar-refractivity contribution < 1.29 is 9.53 Å². The zero-order valence-corrected chi connectivity index (χ0v) is 18.7. The number of rotatable bonds is 6. The molecule has 0 bridgehead atoms. The first-order valence-electron chi connectivity index (χ1n) is 9.80. The maximum atomic E-state index is 12.7. The van der Waals surface area contributed by atoms with Crippen LogP contribution in [0.5, 0.6) is 5.75 Å². The van der Waals surface area contributed by atoms with E-state index in [-0.39, 0.29) is 12.5 Å². The fourth-order valence-electron chi connectivity index (χ4n) is 3.28. The minimum absolute atomic E-state index is 0.136. The van der Waals surface area contributed by atoms with E-state index in [0.717, 1.165) is 27.3 Å². The molecule has 0 fully saturated rings. The summed E-state index contributed by atoms with van der Waals surface area (Å²) in [5.41, 5.74) is 2.54. The second kappa shape index (κ2) is 8.69. The Hall–Kier alpha value is -3.52. The van der Waals surface area contributed by atoms with Gasteiger partial charge in [-0.25, -0.2) is 9.97 Å². The van der Waals surface area contributed by atoms with Gasteiger partial charge < -0.3 is 15.0 Å². The summed E-state index contributed by atoms with van der Waals surface area (Å²) in [7, 11) is 3.47. The first-order valence-corrected chi connectivity index (χ1v) is 10.6. The SMILES string of the molecule is COc1ccc(NC(=O)CN(C)c2nc(-c3ccccn3)nc3sc(C)c(C)c23)cc1. The van der Waals surface area contributed by atoms with E-state index in [1.165, 1.54) is 4.88 Å². The molecule has 1 N–H and O–H groups in total. The number of likely N-dealkylation sites (N-methyl/N-ethyl adjacent to an activating group) is 1. The minimum Gasteiger partial charge on any atom is -0.497 e. The van der Waals surface area contributed by atoms with Crippen LogP contribution in [0.3, 0.4) is 0 Å². The van der Waals surface area contributed by atoms with Crippen LogP contribution in [0.1, 0.15) is 10.4 Å². The van der Waals surface area contributed by atoms with E-state index in [0.29, 0.717) is 17.2 Å². The molecule has 0 atom stereocenters. The number of carbonyl (C=O) groups excluding carboxylic acids is 1. The molecule has 0 aliphatic carbocycles. The third kappa shape index (κ3) is 4.34. The maximum Gasteiger partial charge on any atom is 0.243 e. The predicted molar refractivity (Wildman–Crippen MR) is 125 cm³/mol. The van der Waals surface area contributed by atoms with E-state index in [2.05, 4.69) is 24.1 Å². The van der Waals surface area contributed by atoms with Gasteiger partial charge in [-0.3, -0.25) is 9.78 Å². The molecule has 0 saturated heterocycles. The first kappa shape index (κ1) is 20.7. The van der Waals surface area contributed by atoms with Gasteiger partial charge in [0, 0.05) is 23.8 Å². The van der Waals surface area contributed by atoms with Crippen molar-refractivity contribution in [3.05, 3.63) is 59.1 Å². The van der Waals surface area contributed by atoms with Crippen molar-refractivity contribution in [1.82, 2.24) is 15.0 Å². The number of anilines is 2. The summed E-state index contributed by atoms with van der Waals surface area (Å²) in [6.45, 7) is 4.28. The van der Waals surface area contributed by atoms with E-state index in [4.69, 9.17) is 14.7 Å². The number of aromatic nitrogens is 3. The van der Waals surface area contributed by atoms with Gasteiger partial charge in [0.25, 0.3) is 0 Å². The van der Waals surface area contributed by atoms with Crippen molar-refractivity contribution >= 4 is 39.0 Å². The molecule has 0 spiro atoms. The van der Waals surface area contributed by atoms with E-state index < -0.39 is 0 Å². The Morgan fingerprint density at radius 1 is 1.13 bits per heavy atom. The van der Waals surface area contributed by atoms with Crippen molar-refractivity contribution in [2.45, 2.75) is 13.8 Å². The number of pyridine rings is 1. The number of amides is 1. The number of nitrogens with one attached hydrogen (secondary N) is 1. The summed E-state index contributed by atoms with van der Waals surface area (Å²) in [4.78, 5) is 30.5. The summed E-state index contributed by atoms with van der Waals surface area (Å²) >= 11 is 1.63. The highest BCUT2D eigenvalue weighted by atomic mass is 32.1. The second-order valence-corrected chi connectivity index (χ2v) is 8.39. The van der Waals surface area contributed by atoms with Gasteiger partial charge in [0.15, 0.2) is 5.82 Å². The van der Waals surface area contributed by atoms with Crippen LogP contribution in [-0.2, 0) is 4.79 Å². The molecular formula is C23H23N5O2S. The Balaban J connectivity index is 1.64. The molecule has 0 aliphatic heterocycles. The van der Waals surface area contributed by atoms with Crippen molar-refractivity contribution in [1.29, 1.82) is 0 Å². The van der Waals surface area contributed by atoms with E-state index >= 15 is 0 Å². The lowest BCUT2D eigenvalue weighted by atomic mass is 10.2. The Morgan fingerprint density at radius 3 is 2.58 bits per heavy atom. The Bertz CT molecular complexity index is 1220. The summed E-state index contributed by atoms with van der Waals surface area (Å²) in [5, 5.41) is 3.89. The van der Waals surface area contributed by atoms with Gasteiger partial charge in [-0.05, 0) is 55.8 Å². The quantitative estimate of drug-likeness (QED) is 0.484. The molecule has 4 rings (SSSR count). The number of carbonyl (C=O) groups is 1. The van der Waals surface area contributed by atoms with Crippen molar-refractivity contribution in [2.24, 2.45) is 0 Å². The third-order valence-electron chi connectivity index (χ3n) is 5.02. The van der Waals surface area contributed by atoms with Gasteiger partial charge in [-0.1, -0.05) is 6.07 Å². The van der Waals surface area contributed by atoms with Crippen LogP contribution in [0.15, 0.2) is 48.7 Å². The van der Waals surface area contributed by atoms with E-state index in [1.807, 2.05) is 54.4 Å². The Morgan fingerprint density at radius 2 is 1.90 bits per heavy atom. The number of hydrogen-bond donors (Lipinski definition) is 1. The smallest absolute Gasteiger partial charge is 0.243 e. The van der Waals surface area contributed by atoms with Crippen LogP contribution in [-0.4, -0.2) is 41.6 Å². The lowest BCUT2D eigenvalue weighted by Crippen LogP contribution is -2.31. The fourth-order valence-corrected chi connectivity index (χ4v) is 4.30. The van der Waals surface area contributed by atoms with Crippen molar-refractivity contribution in [2.75, 3.05) is 30.9 Å². The van der Waals surface area contributed by atoms with E-state index in [9.17, 15) is 4.79 Å². The lowest BCUT2D eigenvalue weighted by Gasteiger charge is -2.20. The van der Waals surface area contributed by atoms with Gasteiger partial charge in [0.1, 0.15) is 22.1 Å².